The second-order valence-electron chi connectivity index (χ2n) is 10.2. The highest BCUT2D eigenvalue weighted by atomic mass is 16.5. The van der Waals surface area contributed by atoms with Crippen molar-refractivity contribution in [2.24, 2.45) is 23.7 Å². The third-order valence-corrected chi connectivity index (χ3v) is 8.03. The van der Waals surface area contributed by atoms with Gasteiger partial charge in [0.1, 0.15) is 0 Å². The van der Waals surface area contributed by atoms with E-state index in [1.165, 1.54) is 101 Å². The summed E-state index contributed by atoms with van der Waals surface area (Å²) in [4.78, 5) is 0. The quantitative estimate of drug-likeness (QED) is 0.314. The lowest BCUT2D eigenvalue weighted by Crippen LogP contribution is -2.18. The zero-order chi connectivity index (χ0) is 21.0. The molecule has 0 saturated heterocycles. The Hall–Kier alpha value is -1.08. The summed E-state index contributed by atoms with van der Waals surface area (Å²) in [5, 5.41) is 0. The van der Waals surface area contributed by atoms with Gasteiger partial charge in [0, 0.05) is 6.61 Å². The van der Waals surface area contributed by atoms with E-state index in [-0.39, 0.29) is 0 Å². The van der Waals surface area contributed by atoms with E-state index in [0.717, 1.165) is 36.9 Å². The van der Waals surface area contributed by atoms with E-state index in [1.807, 2.05) is 0 Å². The fourth-order valence-corrected chi connectivity index (χ4v) is 5.84. The van der Waals surface area contributed by atoms with Crippen molar-refractivity contribution < 1.29 is 4.74 Å². The van der Waals surface area contributed by atoms with E-state index in [9.17, 15) is 0 Å². The number of hydrogen-bond donors (Lipinski definition) is 0. The van der Waals surface area contributed by atoms with Gasteiger partial charge in [0.2, 0.25) is 0 Å². The predicted octanol–water partition coefficient (Wildman–Crippen LogP) is 8.51. The number of allylic oxidation sites excluding steroid dienone is 1. The van der Waals surface area contributed by atoms with Crippen LogP contribution in [-0.4, -0.2) is 6.61 Å². The molecule has 0 bridgehead atoms. The van der Waals surface area contributed by atoms with Crippen LogP contribution in [0, 0.1) is 23.7 Å². The summed E-state index contributed by atoms with van der Waals surface area (Å²) in [6, 6.07) is 9.11. The van der Waals surface area contributed by atoms with E-state index in [4.69, 9.17) is 4.74 Å². The largest absolute Gasteiger partial charge is 0.377 e. The molecule has 1 aromatic carbocycles. The summed E-state index contributed by atoms with van der Waals surface area (Å²) in [6.45, 7) is 7.48. The van der Waals surface area contributed by atoms with Crippen LogP contribution in [0.1, 0.15) is 102 Å². The van der Waals surface area contributed by atoms with Crippen LogP contribution in [0.4, 0.5) is 0 Å². The highest BCUT2D eigenvalue weighted by Gasteiger charge is 2.24. The second kappa shape index (κ2) is 13.4. The monoisotopic (exact) mass is 410 g/mol. The Morgan fingerprint density at radius 3 is 1.70 bits per heavy atom. The summed E-state index contributed by atoms with van der Waals surface area (Å²) in [6.07, 6.45) is 22.3. The minimum absolute atomic E-state index is 0.748. The molecular formula is C29H46O. The van der Waals surface area contributed by atoms with E-state index in [2.05, 4.69) is 43.8 Å². The van der Waals surface area contributed by atoms with Crippen molar-refractivity contribution in [3.8, 4) is 0 Å². The molecule has 0 N–H and O–H groups in total. The van der Waals surface area contributed by atoms with Crippen molar-refractivity contribution in [2.45, 2.75) is 103 Å². The summed E-state index contributed by atoms with van der Waals surface area (Å²) < 4.78 is 5.50. The van der Waals surface area contributed by atoms with Gasteiger partial charge in [0.15, 0.2) is 0 Å². The zero-order valence-electron chi connectivity index (χ0n) is 19.6. The summed E-state index contributed by atoms with van der Waals surface area (Å²) in [7, 11) is 0. The molecule has 0 heterocycles. The van der Waals surface area contributed by atoms with Crippen molar-refractivity contribution >= 4 is 0 Å². The molecule has 0 atom stereocenters. The van der Waals surface area contributed by atoms with Gasteiger partial charge in [-0.1, -0.05) is 94.5 Å². The molecule has 0 radical (unpaired) electrons. The predicted molar refractivity (Wildman–Crippen MR) is 130 cm³/mol. The molecule has 1 aromatic rings. The van der Waals surface area contributed by atoms with Gasteiger partial charge >= 0.3 is 0 Å². The molecular weight excluding hydrogens is 364 g/mol. The molecule has 0 aliphatic heterocycles. The Balaban J connectivity index is 1.26. The number of ether oxygens (including phenoxy) is 1. The van der Waals surface area contributed by atoms with Gasteiger partial charge in [-0.15, -0.1) is 6.58 Å². The fourth-order valence-electron chi connectivity index (χ4n) is 5.84. The Labute approximate surface area is 186 Å². The molecule has 1 nitrogen and oxygen atoms in total. The molecule has 0 amide bonds. The third kappa shape index (κ3) is 8.22. The zero-order valence-corrected chi connectivity index (χ0v) is 19.6. The molecule has 2 saturated carbocycles. The summed E-state index contributed by atoms with van der Waals surface area (Å²) in [5.74, 6) is 4.02. The van der Waals surface area contributed by atoms with Crippen LogP contribution >= 0.6 is 0 Å². The first-order valence-corrected chi connectivity index (χ1v) is 13.0. The van der Waals surface area contributed by atoms with Gasteiger partial charge < -0.3 is 4.74 Å². The van der Waals surface area contributed by atoms with Crippen molar-refractivity contribution in [2.75, 3.05) is 6.61 Å². The molecule has 1 heteroatoms. The van der Waals surface area contributed by atoms with Gasteiger partial charge in [0.05, 0.1) is 6.61 Å². The lowest BCUT2D eigenvalue weighted by Gasteiger charge is -2.32. The Bertz CT molecular complexity index is 573. The molecule has 2 fully saturated rings. The molecule has 2 aliphatic carbocycles. The van der Waals surface area contributed by atoms with Gasteiger partial charge in [-0.05, 0) is 67.4 Å². The third-order valence-electron chi connectivity index (χ3n) is 8.03. The highest BCUT2D eigenvalue weighted by Crippen LogP contribution is 2.38. The molecule has 168 valence electrons. The maximum Gasteiger partial charge on any atom is 0.0716 e. The number of benzene rings is 1. The average Bonchev–Trinajstić information content (AvgIpc) is 2.80. The first-order chi connectivity index (χ1) is 14.8. The summed E-state index contributed by atoms with van der Waals surface area (Å²) >= 11 is 0. The molecule has 0 aromatic heterocycles. The first kappa shape index (κ1) is 23.6. The van der Waals surface area contributed by atoms with Crippen LogP contribution in [0.15, 0.2) is 36.9 Å². The fraction of sp³-hybridized carbons (Fsp3) is 0.724. The van der Waals surface area contributed by atoms with Crippen LogP contribution in [0.5, 0.6) is 0 Å². The van der Waals surface area contributed by atoms with Crippen molar-refractivity contribution in [3.05, 3.63) is 48.0 Å². The number of rotatable bonds is 12. The van der Waals surface area contributed by atoms with Crippen LogP contribution in [0.25, 0.3) is 0 Å². The Morgan fingerprint density at radius 2 is 1.20 bits per heavy atom. The molecule has 0 unspecified atom stereocenters. The maximum absolute atomic E-state index is 5.50. The Morgan fingerprint density at radius 1 is 0.733 bits per heavy atom. The average molecular weight is 411 g/mol. The molecule has 3 rings (SSSR count). The van der Waals surface area contributed by atoms with E-state index in [0.29, 0.717) is 0 Å². The van der Waals surface area contributed by atoms with Gasteiger partial charge in [-0.25, -0.2) is 0 Å². The molecule has 30 heavy (non-hydrogen) atoms. The van der Waals surface area contributed by atoms with Crippen molar-refractivity contribution in [3.63, 3.8) is 0 Å². The SMILES string of the molecule is C=CCC[C@H]1CC[C@H](CC[C@H]2CC[C@H](CCc3ccc(COCC)cc3)CC2)CC1. The van der Waals surface area contributed by atoms with Crippen LogP contribution < -0.4 is 0 Å². The van der Waals surface area contributed by atoms with Gasteiger partial charge in [-0.2, -0.15) is 0 Å². The lowest BCUT2D eigenvalue weighted by atomic mass is 9.74. The van der Waals surface area contributed by atoms with E-state index in [1.54, 1.807) is 0 Å². The normalized spacial score (nSPS) is 27.1. The van der Waals surface area contributed by atoms with Crippen molar-refractivity contribution in [1.29, 1.82) is 0 Å². The van der Waals surface area contributed by atoms with Crippen molar-refractivity contribution in [1.82, 2.24) is 0 Å². The molecule has 2 aliphatic rings. The maximum atomic E-state index is 5.50. The summed E-state index contributed by atoms with van der Waals surface area (Å²) in [5.41, 5.74) is 2.80. The van der Waals surface area contributed by atoms with Crippen LogP contribution in [0.3, 0.4) is 0 Å². The first-order valence-electron chi connectivity index (χ1n) is 13.0. The van der Waals surface area contributed by atoms with Gasteiger partial charge in [-0.3, -0.25) is 0 Å². The van der Waals surface area contributed by atoms with Crippen LogP contribution in [-0.2, 0) is 17.8 Å². The highest BCUT2D eigenvalue weighted by molar-refractivity contribution is 5.22. The lowest BCUT2D eigenvalue weighted by molar-refractivity contribution is 0.134. The smallest absolute Gasteiger partial charge is 0.0716 e. The minimum atomic E-state index is 0.748. The molecule has 0 spiro atoms. The standard InChI is InChI=1S/C29H46O/c1-3-5-6-24-7-9-25(10-8-24)11-12-26-13-15-27(16-14-26)17-18-28-19-21-29(22-20-28)23-30-4-2/h3,19-22,24-27H,1,4-18,23H2,2H3/t24-,25-,26-,27-. The number of hydrogen-bond acceptors (Lipinski definition) is 1. The topological polar surface area (TPSA) is 9.23 Å². The Kier molecular flexibility index (Phi) is 10.5. The van der Waals surface area contributed by atoms with Crippen LogP contribution in [0.2, 0.25) is 0 Å². The minimum Gasteiger partial charge on any atom is -0.377 e. The van der Waals surface area contributed by atoms with E-state index < -0.39 is 0 Å². The van der Waals surface area contributed by atoms with E-state index >= 15 is 0 Å². The number of aryl methyl sites for hydroxylation is 1. The van der Waals surface area contributed by atoms with Gasteiger partial charge in [0.25, 0.3) is 0 Å². The second-order valence-corrected chi connectivity index (χ2v) is 10.2.